The normalized spacial score (nSPS) is 30.4. The molecule has 2 aliphatic heterocycles. The topological polar surface area (TPSA) is 35.6 Å². The summed E-state index contributed by atoms with van der Waals surface area (Å²) in [7, 11) is 1.87. The third kappa shape index (κ3) is 1.84. The van der Waals surface area contributed by atoms with Crippen LogP contribution in [0.1, 0.15) is 12.8 Å². The van der Waals surface area contributed by atoms with E-state index >= 15 is 0 Å². The van der Waals surface area contributed by atoms with Crippen molar-refractivity contribution >= 4 is 5.91 Å². The van der Waals surface area contributed by atoms with Crippen LogP contribution in [0.25, 0.3) is 0 Å². The van der Waals surface area contributed by atoms with Gasteiger partial charge in [0, 0.05) is 26.6 Å². The minimum absolute atomic E-state index is 0.256. The maximum absolute atomic E-state index is 11.2. The lowest BCUT2D eigenvalue weighted by Gasteiger charge is -2.26. The van der Waals surface area contributed by atoms with Crippen LogP contribution in [0.3, 0.4) is 0 Å². The molecule has 2 heterocycles. The van der Waals surface area contributed by atoms with E-state index in [-0.39, 0.29) is 5.91 Å². The molecule has 4 nitrogen and oxygen atoms in total. The van der Waals surface area contributed by atoms with Gasteiger partial charge in [0.1, 0.15) is 0 Å². The number of hydrogen-bond acceptors (Lipinski definition) is 3. The largest absolute Gasteiger partial charge is 0.316 e. The number of amides is 1. The molecule has 2 saturated heterocycles. The van der Waals surface area contributed by atoms with E-state index in [1.165, 1.54) is 6.42 Å². The second-order valence-corrected chi connectivity index (χ2v) is 3.94. The third-order valence-corrected chi connectivity index (χ3v) is 3.00. The monoisotopic (exact) mass is 183 g/mol. The van der Waals surface area contributed by atoms with Crippen LogP contribution in [0.15, 0.2) is 0 Å². The fourth-order valence-corrected chi connectivity index (χ4v) is 2.08. The molecule has 4 heteroatoms. The summed E-state index contributed by atoms with van der Waals surface area (Å²) >= 11 is 0. The highest BCUT2D eigenvalue weighted by atomic mass is 16.2. The maximum atomic E-state index is 11.2. The standard InChI is InChI=1S/C9H17N3O/c1-11-9(13)3-5-12(11)7-8-2-4-10-6-8/h8,10H,2-7H2,1H3. The van der Waals surface area contributed by atoms with Gasteiger partial charge in [-0.3, -0.25) is 9.80 Å². The zero-order chi connectivity index (χ0) is 9.26. The lowest BCUT2D eigenvalue weighted by molar-refractivity contribution is -0.135. The van der Waals surface area contributed by atoms with Gasteiger partial charge < -0.3 is 5.32 Å². The Hall–Kier alpha value is -0.610. The highest BCUT2D eigenvalue weighted by Crippen LogP contribution is 2.15. The van der Waals surface area contributed by atoms with Crippen molar-refractivity contribution in [2.45, 2.75) is 12.8 Å². The molecule has 13 heavy (non-hydrogen) atoms. The van der Waals surface area contributed by atoms with E-state index in [1.54, 1.807) is 5.01 Å². The molecule has 2 rings (SSSR count). The van der Waals surface area contributed by atoms with Crippen LogP contribution in [-0.4, -0.2) is 49.2 Å². The minimum atomic E-state index is 0.256. The van der Waals surface area contributed by atoms with Crippen LogP contribution in [0.2, 0.25) is 0 Å². The summed E-state index contributed by atoms with van der Waals surface area (Å²) in [5.74, 6) is 0.985. The van der Waals surface area contributed by atoms with Crippen LogP contribution >= 0.6 is 0 Å². The Morgan fingerprint density at radius 1 is 1.62 bits per heavy atom. The molecule has 0 bridgehead atoms. The first-order valence-corrected chi connectivity index (χ1v) is 4.99. The average Bonchev–Trinajstić information content (AvgIpc) is 2.71. The molecule has 0 aromatic carbocycles. The fourth-order valence-electron chi connectivity index (χ4n) is 2.08. The smallest absolute Gasteiger partial charge is 0.237 e. The summed E-state index contributed by atoms with van der Waals surface area (Å²) in [6.45, 7) is 4.19. The van der Waals surface area contributed by atoms with Gasteiger partial charge in [0.25, 0.3) is 0 Å². The second kappa shape index (κ2) is 3.64. The third-order valence-electron chi connectivity index (χ3n) is 3.00. The number of nitrogens with one attached hydrogen (secondary N) is 1. The fraction of sp³-hybridized carbons (Fsp3) is 0.889. The Kier molecular flexibility index (Phi) is 2.51. The second-order valence-electron chi connectivity index (χ2n) is 3.94. The van der Waals surface area contributed by atoms with Crippen LogP contribution in [-0.2, 0) is 4.79 Å². The Morgan fingerprint density at radius 3 is 3.00 bits per heavy atom. The van der Waals surface area contributed by atoms with E-state index in [0.29, 0.717) is 6.42 Å². The summed E-state index contributed by atoms with van der Waals surface area (Å²) in [6.07, 6.45) is 1.94. The first-order valence-electron chi connectivity index (χ1n) is 4.99. The van der Waals surface area contributed by atoms with E-state index in [4.69, 9.17) is 0 Å². The molecule has 74 valence electrons. The summed E-state index contributed by atoms with van der Waals surface area (Å²) in [6, 6.07) is 0. The van der Waals surface area contributed by atoms with Crippen molar-refractivity contribution in [1.82, 2.24) is 15.3 Å². The molecule has 0 aromatic rings. The zero-order valence-electron chi connectivity index (χ0n) is 8.12. The predicted molar refractivity (Wildman–Crippen MR) is 49.9 cm³/mol. The van der Waals surface area contributed by atoms with Gasteiger partial charge in [-0.2, -0.15) is 0 Å². The molecule has 0 radical (unpaired) electrons. The van der Waals surface area contributed by atoms with Gasteiger partial charge in [0.05, 0.1) is 0 Å². The number of carbonyl (C=O) groups excluding carboxylic acids is 1. The highest BCUT2D eigenvalue weighted by molar-refractivity contribution is 5.77. The van der Waals surface area contributed by atoms with Crippen LogP contribution in [0.5, 0.6) is 0 Å². The van der Waals surface area contributed by atoms with Crippen LogP contribution < -0.4 is 5.32 Å². The van der Waals surface area contributed by atoms with Gasteiger partial charge in [-0.25, -0.2) is 5.01 Å². The SMILES string of the molecule is CN1C(=O)CCN1CC1CCNC1. The van der Waals surface area contributed by atoms with E-state index in [9.17, 15) is 4.79 Å². The Labute approximate surface area is 78.8 Å². The molecule has 1 atom stereocenters. The number of rotatable bonds is 2. The Bertz CT molecular complexity index is 201. The van der Waals surface area contributed by atoms with Gasteiger partial charge in [0.15, 0.2) is 0 Å². The van der Waals surface area contributed by atoms with Crippen molar-refractivity contribution in [2.24, 2.45) is 5.92 Å². The van der Waals surface area contributed by atoms with Crippen LogP contribution in [0.4, 0.5) is 0 Å². The first-order chi connectivity index (χ1) is 6.27. The molecule has 2 fully saturated rings. The van der Waals surface area contributed by atoms with Gasteiger partial charge >= 0.3 is 0 Å². The summed E-state index contributed by atoms with van der Waals surface area (Å²) in [5.41, 5.74) is 0. The lowest BCUT2D eigenvalue weighted by atomic mass is 10.1. The Balaban J connectivity index is 1.84. The maximum Gasteiger partial charge on any atom is 0.237 e. The summed E-state index contributed by atoms with van der Waals surface area (Å²) < 4.78 is 0. The Morgan fingerprint density at radius 2 is 2.46 bits per heavy atom. The molecule has 0 saturated carbocycles. The van der Waals surface area contributed by atoms with Crippen molar-refractivity contribution < 1.29 is 4.79 Å². The number of hydrazine groups is 1. The molecule has 1 amide bonds. The summed E-state index contributed by atoms with van der Waals surface area (Å²) in [4.78, 5) is 11.2. The van der Waals surface area contributed by atoms with E-state index < -0.39 is 0 Å². The van der Waals surface area contributed by atoms with E-state index in [2.05, 4.69) is 10.3 Å². The van der Waals surface area contributed by atoms with E-state index in [0.717, 1.165) is 32.1 Å². The molecule has 1 N–H and O–H groups in total. The molecular formula is C9H17N3O. The van der Waals surface area contributed by atoms with Crippen molar-refractivity contribution in [3.05, 3.63) is 0 Å². The molecule has 0 aromatic heterocycles. The average molecular weight is 183 g/mol. The zero-order valence-corrected chi connectivity index (χ0v) is 8.12. The molecule has 0 spiro atoms. The van der Waals surface area contributed by atoms with E-state index in [1.807, 2.05) is 7.05 Å². The number of carbonyl (C=O) groups is 1. The number of hydrogen-bond donors (Lipinski definition) is 1. The van der Waals surface area contributed by atoms with Gasteiger partial charge in [-0.05, 0) is 25.4 Å². The molecule has 0 aliphatic carbocycles. The van der Waals surface area contributed by atoms with Crippen molar-refractivity contribution in [3.8, 4) is 0 Å². The van der Waals surface area contributed by atoms with Crippen LogP contribution in [0, 0.1) is 5.92 Å². The predicted octanol–water partition coefficient (Wildman–Crippen LogP) is -0.325. The molecule has 2 aliphatic rings. The number of nitrogens with zero attached hydrogens (tertiary/aromatic N) is 2. The summed E-state index contributed by atoms with van der Waals surface area (Å²) in [5, 5.41) is 7.28. The lowest BCUT2D eigenvalue weighted by Crippen LogP contribution is -2.39. The molecule has 1 unspecified atom stereocenters. The van der Waals surface area contributed by atoms with Crippen molar-refractivity contribution in [3.63, 3.8) is 0 Å². The van der Waals surface area contributed by atoms with Gasteiger partial charge in [0.2, 0.25) is 5.91 Å². The quantitative estimate of drug-likeness (QED) is 0.637. The van der Waals surface area contributed by atoms with Gasteiger partial charge in [-0.15, -0.1) is 0 Å². The molecular weight excluding hydrogens is 166 g/mol. The first kappa shape index (κ1) is 8.97. The minimum Gasteiger partial charge on any atom is -0.316 e. The van der Waals surface area contributed by atoms with Crippen molar-refractivity contribution in [2.75, 3.05) is 33.2 Å². The van der Waals surface area contributed by atoms with Gasteiger partial charge in [-0.1, -0.05) is 0 Å². The van der Waals surface area contributed by atoms with Crippen molar-refractivity contribution in [1.29, 1.82) is 0 Å². The highest BCUT2D eigenvalue weighted by Gasteiger charge is 2.28.